The minimum Gasteiger partial charge on any atom is -0.276 e. The maximum absolute atomic E-state index is 12.6. The van der Waals surface area contributed by atoms with Gasteiger partial charge in [0.15, 0.2) is 0 Å². The molecule has 0 spiro atoms. The molecule has 1 aromatic carbocycles. The standard InChI is InChI=1S/C9H5Cl2F3O/c1-4-2-3-5(8(11)15)6(7(4)10)9(12,13)14/h2-3H,1H3. The normalized spacial score (nSPS) is 11.6. The lowest BCUT2D eigenvalue weighted by Crippen LogP contribution is -2.12. The molecule has 0 aliphatic rings. The van der Waals surface area contributed by atoms with Crippen molar-refractivity contribution in [3.63, 3.8) is 0 Å². The SMILES string of the molecule is Cc1ccc(C(=O)Cl)c(C(F)(F)F)c1Cl. The van der Waals surface area contributed by atoms with E-state index in [2.05, 4.69) is 0 Å². The highest BCUT2D eigenvalue weighted by Gasteiger charge is 2.37. The molecule has 1 nitrogen and oxygen atoms in total. The van der Waals surface area contributed by atoms with E-state index < -0.39 is 27.6 Å². The average Bonchev–Trinajstić information content (AvgIpc) is 2.06. The molecule has 1 rings (SSSR count). The van der Waals surface area contributed by atoms with Crippen LogP contribution in [0.1, 0.15) is 21.5 Å². The summed E-state index contributed by atoms with van der Waals surface area (Å²) >= 11 is 10.5. The Morgan fingerprint density at radius 2 is 1.87 bits per heavy atom. The summed E-state index contributed by atoms with van der Waals surface area (Å²) in [6, 6.07) is 2.33. The van der Waals surface area contributed by atoms with Gasteiger partial charge in [-0.2, -0.15) is 13.2 Å². The smallest absolute Gasteiger partial charge is 0.276 e. The second kappa shape index (κ2) is 4.02. The summed E-state index contributed by atoms with van der Waals surface area (Å²) in [5.74, 6) is 0. The molecule has 15 heavy (non-hydrogen) atoms. The molecule has 0 bridgehead atoms. The number of rotatable bonds is 1. The zero-order chi connectivity index (χ0) is 11.8. The van der Waals surface area contributed by atoms with Crippen LogP contribution in [0.2, 0.25) is 5.02 Å². The molecule has 0 saturated heterocycles. The lowest BCUT2D eigenvalue weighted by molar-refractivity contribution is -0.137. The molecule has 6 heteroatoms. The Hall–Kier alpha value is -0.740. The highest BCUT2D eigenvalue weighted by Crippen LogP contribution is 2.39. The zero-order valence-electron chi connectivity index (χ0n) is 7.45. The first-order chi connectivity index (χ1) is 6.75. The van der Waals surface area contributed by atoms with E-state index in [0.717, 1.165) is 6.07 Å². The third kappa shape index (κ3) is 2.44. The summed E-state index contributed by atoms with van der Waals surface area (Å²) in [4.78, 5) is 10.8. The fourth-order valence-electron chi connectivity index (χ4n) is 1.12. The molecule has 0 aromatic heterocycles. The molecule has 1 aromatic rings. The van der Waals surface area contributed by atoms with Crippen molar-refractivity contribution in [1.82, 2.24) is 0 Å². The zero-order valence-corrected chi connectivity index (χ0v) is 8.96. The fourth-order valence-corrected chi connectivity index (χ4v) is 1.55. The largest absolute Gasteiger partial charge is 0.418 e. The monoisotopic (exact) mass is 256 g/mol. The Morgan fingerprint density at radius 1 is 1.33 bits per heavy atom. The molecular weight excluding hydrogens is 252 g/mol. The molecule has 0 atom stereocenters. The van der Waals surface area contributed by atoms with Crippen molar-refractivity contribution < 1.29 is 18.0 Å². The lowest BCUT2D eigenvalue weighted by atomic mass is 10.0. The highest BCUT2D eigenvalue weighted by atomic mass is 35.5. The van der Waals surface area contributed by atoms with Crippen LogP contribution in [0.5, 0.6) is 0 Å². The van der Waals surface area contributed by atoms with Gasteiger partial charge in [-0.3, -0.25) is 4.79 Å². The number of carbonyl (C=O) groups excluding carboxylic acids is 1. The Balaban J connectivity index is 3.57. The van der Waals surface area contributed by atoms with Gasteiger partial charge in [0, 0.05) is 5.56 Å². The van der Waals surface area contributed by atoms with Crippen LogP contribution in [0.25, 0.3) is 0 Å². The molecule has 0 radical (unpaired) electrons. The van der Waals surface area contributed by atoms with Gasteiger partial charge in [0.25, 0.3) is 5.24 Å². The molecular formula is C9H5Cl2F3O. The number of aryl methyl sites for hydroxylation is 1. The van der Waals surface area contributed by atoms with Crippen molar-refractivity contribution in [1.29, 1.82) is 0 Å². The summed E-state index contributed by atoms with van der Waals surface area (Å²) in [5.41, 5.74) is -1.56. The predicted octanol–water partition coefficient (Wildman–Crippen LogP) is 4.05. The lowest BCUT2D eigenvalue weighted by Gasteiger charge is -2.13. The van der Waals surface area contributed by atoms with E-state index in [1.165, 1.54) is 13.0 Å². The quantitative estimate of drug-likeness (QED) is 0.693. The van der Waals surface area contributed by atoms with Gasteiger partial charge in [0.05, 0.1) is 10.6 Å². The summed E-state index contributed by atoms with van der Waals surface area (Å²) in [6.07, 6.45) is -4.69. The second-order valence-electron chi connectivity index (χ2n) is 2.89. The number of halogens is 5. The molecule has 0 saturated carbocycles. The van der Waals surface area contributed by atoms with Crippen LogP contribution in [-0.4, -0.2) is 5.24 Å². The van der Waals surface area contributed by atoms with Gasteiger partial charge in [0.2, 0.25) is 0 Å². The van der Waals surface area contributed by atoms with E-state index in [9.17, 15) is 18.0 Å². The average molecular weight is 257 g/mol. The van der Waals surface area contributed by atoms with Crippen molar-refractivity contribution in [3.05, 3.63) is 33.8 Å². The van der Waals surface area contributed by atoms with Gasteiger partial charge < -0.3 is 0 Å². The van der Waals surface area contributed by atoms with Crippen LogP contribution in [-0.2, 0) is 6.18 Å². The van der Waals surface area contributed by atoms with Crippen molar-refractivity contribution in [2.45, 2.75) is 13.1 Å². The van der Waals surface area contributed by atoms with Gasteiger partial charge in [-0.15, -0.1) is 0 Å². The molecule has 0 unspecified atom stereocenters. The van der Waals surface area contributed by atoms with E-state index in [4.69, 9.17) is 23.2 Å². The molecule has 82 valence electrons. The van der Waals surface area contributed by atoms with E-state index >= 15 is 0 Å². The minimum absolute atomic E-state index is 0.241. The number of hydrogen-bond donors (Lipinski definition) is 0. The molecule has 0 aliphatic heterocycles. The second-order valence-corrected chi connectivity index (χ2v) is 3.61. The molecule has 0 amide bonds. The van der Waals surface area contributed by atoms with Crippen LogP contribution < -0.4 is 0 Å². The van der Waals surface area contributed by atoms with E-state index in [0.29, 0.717) is 0 Å². The van der Waals surface area contributed by atoms with E-state index in [1.54, 1.807) is 0 Å². The summed E-state index contributed by atoms with van der Waals surface area (Å²) in [6.45, 7) is 1.42. The molecule has 0 N–H and O–H groups in total. The van der Waals surface area contributed by atoms with Crippen LogP contribution in [0, 0.1) is 6.92 Å². The van der Waals surface area contributed by atoms with Crippen molar-refractivity contribution in [2.24, 2.45) is 0 Å². The Labute approximate surface area is 93.8 Å². The van der Waals surface area contributed by atoms with Gasteiger partial charge in [-0.05, 0) is 30.2 Å². The Bertz CT molecular complexity index is 413. The first-order valence-corrected chi connectivity index (χ1v) is 4.57. The van der Waals surface area contributed by atoms with Crippen LogP contribution in [0.15, 0.2) is 12.1 Å². The molecule has 0 aliphatic carbocycles. The summed E-state index contributed by atoms with van der Waals surface area (Å²) in [7, 11) is 0. The predicted molar refractivity (Wildman–Crippen MR) is 51.4 cm³/mol. The Kier molecular flexibility index (Phi) is 3.31. The molecule has 0 fully saturated rings. The number of alkyl halides is 3. The number of hydrogen-bond acceptors (Lipinski definition) is 1. The van der Waals surface area contributed by atoms with Crippen molar-refractivity contribution in [2.75, 3.05) is 0 Å². The van der Waals surface area contributed by atoms with Crippen molar-refractivity contribution in [3.8, 4) is 0 Å². The Morgan fingerprint density at radius 3 is 2.27 bits per heavy atom. The van der Waals surface area contributed by atoms with Gasteiger partial charge in [-0.1, -0.05) is 17.7 Å². The summed E-state index contributed by atoms with van der Waals surface area (Å²) < 4.78 is 37.7. The third-order valence-corrected chi connectivity index (χ3v) is 2.52. The third-order valence-electron chi connectivity index (χ3n) is 1.83. The summed E-state index contributed by atoms with van der Waals surface area (Å²) in [5, 5.41) is -1.67. The fraction of sp³-hybridized carbons (Fsp3) is 0.222. The number of benzene rings is 1. The maximum atomic E-state index is 12.6. The first kappa shape index (κ1) is 12.3. The number of carbonyl (C=O) groups is 1. The highest BCUT2D eigenvalue weighted by molar-refractivity contribution is 6.68. The van der Waals surface area contributed by atoms with Crippen LogP contribution in [0.3, 0.4) is 0 Å². The van der Waals surface area contributed by atoms with Crippen molar-refractivity contribution >= 4 is 28.4 Å². The topological polar surface area (TPSA) is 17.1 Å². The minimum atomic E-state index is -4.69. The van der Waals surface area contributed by atoms with Crippen LogP contribution >= 0.6 is 23.2 Å². The maximum Gasteiger partial charge on any atom is 0.418 e. The van der Waals surface area contributed by atoms with Gasteiger partial charge in [-0.25, -0.2) is 0 Å². The van der Waals surface area contributed by atoms with E-state index in [-0.39, 0.29) is 5.56 Å². The van der Waals surface area contributed by atoms with Gasteiger partial charge >= 0.3 is 6.18 Å². The first-order valence-electron chi connectivity index (χ1n) is 3.81. The van der Waals surface area contributed by atoms with E-state index in [1.807, 2.05) is 0 Å². The van der Waals surface area contributed by atoms with Gasteiger partial charge in [0.1, 0.15) is 0 Å². The molecule has 0 heterocycles. The van der Waals surface area contributed by atoms with Crippen LogP contribution in [0.4, 0.5) is 13.2 Å².